The molecule has 0 atom stereocenters. The number of fused-ring (bicyclic) bond motifs is 3. The first-order valence-electron chi connectivity index (χ1n) is 7.29. The molecule has 0 saturated carbocycles. The van der Waals surface area contributed by atoms with Crippen molar-refractivity contribution in [1.29, 1.82) is 0 Å². The number of rotatable bonds is 2. The van der Waals surface area contributed by atoms with Gasteiger partial charge in [-0.1, -0.05) is 29.8 Å². The summed E-state index contributed by atoms with van der Waals surface area (Å²) < 4.78 is 9.50. The van der Waals surface area contributed by atoms with Crippen LogP contribution in [0.25, 0.3) is 17.0 Å². The summed E-state index contributed by atoms with van der Waals surface area (Å²) in [6.45, 7) is 1.86. The maximum atomic E-state index is 12.9. The van der Waals surface area contributed by atoms with E-state index in [1.807, 2.05) is 6.07 Å². The fraction of sp³-hybridized carbons (Fsp3) is 0.188. The average Bonchev–Trinajstić information content (AvgIpc) is 3.07. The van der Waals surface area contributed by atoms with Gasteiger partial charge in [-0.05, 0) is 18.6 Å². The summed E-state index contributed by atoms with van der Waals surface area (Å²) in [5.74, 6) is 0.912. The van der Waals surface area contributed by atoms with Crippen molar-refractivity contribution in [2.24, 2.45) is 7.05 Å². The molecule has 0 aliphatic carbocycles. The molecule has 0 spiro atoms. The van der Waals surface area contributed by atoms with Crippen molar-refractivity contribution in [3.05, 3.63) is 67.6 Å². The molecule has 4 rings (SSSR count). The fourth-order valence-corrected chi connectivity index (χ4v) is 3.00. The van der Waals surface area contributed by atoms with E-state index in [4.69, 9.17) is 16.0 Å². The quantitative estimate of drug-likeness (QED) is 0.557. The van der Waals surface area contributed by atoms with E-state index >= 15 is 0 Å². The number of nitrogens with zero attached hydrogens (tertiary/aromatic N) is 4. The predicted octanol–water partition coefficient (Wildman–Crippen LogP) is 1.95. The third-order valence-electron chi connectivity index (χ3n) is 3.99. The molecule has 24 heavy (non-hydrogen) atoms. The van der Waals surface area contributed by atoms with E-state index in [-0.39, 0.29) is 12.4 Å². The monoisotopic (exact) mass is 344 g/mol. The molecule has 1 aromatic carbocycles. The minimum atomic E-state index is -0.454. The summed E-state index contributed by atoms with van der Waals surface area (Å²) in [4.78, 5) is 29.7. The minimum Gasteiger partial charge on any atom is -0.428 e. The molecular formula is C16H13ClN4O3. The summed E-state index contributed by atoms with van der Waals surface area (Å²) in [5.41, 5.74) is 0.406. The van der Waals surface area contributed by atoms with E-state index in [2.05, 4.69) is 4.98 Å². The first-order chi connectivity index (χ1) is 11.5. The normalized spacial score (nSPS) is 11.6. The van der Waals surface area contributed by atoms with E-state index < -0.39 is 11.2 Å². The molecule has 0 fully saturated rings. The first-order valence-corrected chi connectivity index (χ1v) is 7.66. The van der Waals surface area contributed by atoms with E-state index in [0.29, 0.717) is 27.5 Å². The number of halogens is 1. The number of aromatic nitrogens is 4. The fourth-order valence-electron chi connectivity index (χ4n) is 2.80. The Morgan fingerprint density at radius 3 is 2.75 bits per heavy atom. The maximum Gasteiger partial charge on any atom is 0.332 e. The van der Waals surface area contributed by atoms with Crippen LogP contribution in [0.2, 0.25) is 5.02 Å². The van der Waals surface area contributed by atoms with Crippen LogP contribution in [0.15, 0.2) is 44.5 Å². The van der Waals surface area contributed by atoms with Gasteiger partial charge in [-0.25, -0.2) is 4.79 Å². The summed E-state index contributed by atoms with van der Waals surface area (Å²) in [7, 11) is 1.58. The van der Waals surface area contributed by atoms with Gasteiger partial charge < -0.3 is 4.42 Å². The van der Waals surface area contributed by atoms with Crippen molar-refractivity contribution in [2.75, 3.05) is 0 Å². The van der Waals surface area contributed by atoms with E-state index in [0.717, 1.165) is 4.57 Å². The second-order valence-electron chi connectivity index (χ2n) is 5.60. The average molecular weight is 345 g/mol. The van der Waals surface area contributed by atoms with Crippen molar-refractivity contribution in [1.82, 2.24) is 18.5 Å². The second-order valence-corrected chi connectivity index (χ2v) is 6.01. The lowest BCUT2D eigenvalue weighted by molar-refractivity contribution is 0.563. The summed E-state index contributed by atoms with van der Waals surface area (Å²) in [6, 6.07) is 7.12. The molecule has 4 aromatic rings. The van der Waals surface area contributed by atoms with Gasteiger partial charge in [0.2, 0.25) is 0 Å². The highest BCUT2D eigenvalue weighted by Gasteiger charge is 2.19. The maximum absolute atomic E-state index is 12.9. The molecule has 0 radical (unpaired) electrons. The van der Waals surface area contributed by atoms with Crippen molar-refractivity contribution in [3.63, 3.8) is 0 Å². The van der Waals surface area contributed by atoms with Crippen LogP contribution < -0.4 is 11.2 Å². The van der Waals surface area contributed by atoms with Crippen LogP contribution in [-0.4, -0.2) is 18.5 Å². The lowest BCUT2D eigenvalue weighted by Crippen LogP contribution is -2.39. The largest absolute Gasteiger partial charge is 0.428 e. The number of imidazole rings is 1. The smallest absolute Gasteiger partial charge is 0.332 e. The van der Waals surface area contributed by atoms with Gasteiger partial charge in [0.15, 0.2) is 11.2 Å². The van der Waals surface area contributed by atoms with Crippen LogP contribution >= 0.6 is 11.6 Å². The predicted molar refractivity (Wildman–Crippen MR) is 89.8 cm³/mol. The molecule has 0 bridgehead atoms. The Labute approximate surface area is 140 Å². The SMILES string of the molecule is Cc1cn2c(nc3c2c(=O)n(Cc2ccccc2Cl)c(=O)n3C)o1. The molecule has 3 heterocycles. The zero-order chi connectivity index (χ0) is 17.0. The van der Waals surface area contributed by atoms with E-state index in [9.17, 15) is 9.59 Å². The van der Waals surface area contributed by atoms with Gasteiger partial charge in [0.1, 0.15) is 5.76 Å². The Bertz CT molecular complexity index is 1210. The molecule has 0 saturated heterocycles. The molecule has 0 unspecified atom stereocenters. The summed E-state index contributed by atoms with van der Waals surface area (Å²) in [5, 5.41) is 0.504. The molecular weight excluding hydrogens is 332 g/mol. The van der Waals surface area contributed by atoms with Gasteiger partial charge in [-0.2, -0.15) is 4.98 Å². The third kappa shape index (κ3) is 2.01. The zero-order valence-corrected chi connectivity index (χ0v) is 13.7. The molecule has 0 aliphatic heterocycles. The van der Waals surface area contributed by atoms with E-state index in [1.165, 1.54) is 4.57 Å². The molecule has 3 aromatic heterocycles. The minimum absolute atomic E-state index is 0.0885. The molecule has 0 aliphatic rings. The number of aryl methyl sites for hydroxylation is 2. The zero-order valence-electron chi connectivity index (χ0n) is 13.0. The van der Waals surface area contributed by atoms with Crippen LogP contribution in [-0.2, 0) is 13.6 Å². The highest BCUT2D eigenvalue weighted by atomic mass is 35.5. The van der Waals surface area contributed by atoms with Gasteiger partial charge in [0.05, 0.1) is 12.7 Å². The topological polar surface area (TPSA) is 74.4 Å². The molecule has 122 valence electrons. The first kappa shape index (κ1) is 14.8. The van der Waals surface area contributed by atoms with Gasteiger partial charge >= 0.3 is 11.5 Å². The number of hydrogen-bond donors (Lipinski definition) is 0. The van der Waals surface area contributed by atoms with Crippen LogP contribution in [0.4, 0.5) is 0 Å². The van der Waals surface area contributed by atoms with Crippen LogP contribution in [0.5, 0.6) is 0 Å². The van der Waals surface area contributed by atoms with Gasteiger partial charge in [0.25, 0.3) is 5.56 Å². The van der Waals surface area contributed by atoms with Gasteiger partial charge in [0, 0.05) is 12.1 Å². The van der Waals surface area contributed by atoms with Crippen LogP contribution in [0.1, 0.15) is 11.3 Å². The Morgan fingerprint density at radius 2 is 2.00 bits per heavy atom. The standard InChI is InChI=1S/C16H13ClN4O3/c1-9-7-20-12-13(18-15(20)24-9)19(2)16(23)21(14(12)22)8-10-5-3-4-6-11(10)17/h3-7H,8H2,1-2H3. The second kappa shape index (κ2) is 5.10. The number of benzene rings is 1. The van der Waals surface area contributed by atoms with Crippen molar-refractivity contribution in [3.8, 4) is 0 Å². The number of oxazole rings is 1. The Hall–Kier alpha value is -2.80. The highest BCUT2D eigenvalue weighted by Crippen LogP contribution is 2.17. The molecule has 7 nitrogen and oxygen atoms in total. The lowest BCUT2D eigenvalue weighted by Gasteiger charge is -2.09. The van der Waals surface area contributed by atoms with Gasteiger partial charge in [-0.15, -0.1) is 0 Å². The van der Waals surface area contributed by atoms with Crippen LogP contribution in [0.3, 0.4) is 0 Å². The highest BCUT2D eigenvalue weighted by molar-refractivity contribution is 6.31. The Morgan fingerprint density at radius 1 is 1.25 bits per heavy atom. The van der Waals surface area contributed by atoms with Crippen LogP contribution in [0, 0.1) is 6.92 Å². The van der Waals surface area contributed by atoms with Crippen molar-refractivity contribution < 1.29 is 4.42 Å². The molecule has 0 N–H and O–H groups in total. The molecule has 0 amide bonds. The Kier molecular flexibility index (Phi) is 3.14. The van der Waals surface area contributed by atoms with Crippen molar-refractivity contribution >= 4 is 28.6 Å². The molecule has 8 heteroatoms. The number of hydrogen-bond acceptors (Lipinski definition) is 4. The van der Waals surface area contributed by atoms with Gasteiger partial charge in [-0.3, -0.25) is 18.3 Å². The van der Waals surface area contributed by atoms with Crippen molar-refractivity contribution in [2.45, 2.75) is 13.5 Å². The third-order valence-corrected chi connectivity index (χ3v) is 4.36. The Balaban J connectivity index is 2.05. The van der Waals surface area contributed by atoms with E-state index in [1.54, 1.807) is 42.8 Å². The summed E-state index contributed by atoms with van der Waals surface area (Å²) >= 11 is 6.16. The lowest BCUT2D eigenvalue weighted by atomic mass is 10.2. The summed E-state index contributed by atoms with van der Waals surface area (Å²) in [6.07, 6.45) is 1.68.